The minimum atomic E-state index is -0.246. The van der Waals surface area contributed by atoms with Crippen LogP contribution in [0.3, 0.4) is 0 Å². The predicted octanol–water partition coefficient (Wildman–Crippen LogP) is 0.716. The van der Waals surface area contributed by atoms with Gasteiger partial charge in [-0.1, -0.05) is 0 Å². The number of hydrogen-bond acceptors (Lipinski definition) is 5. The number of rotatable bonds is 5. The molecule has 4 N–H and O–H groups in total. The van der Waals surface area contributed by atoms with Gasteiger partial charge in [-0.25, -0.2) is 4.98 Å². The van der Waals surface area contributed by atoms with E-state index in [0.717, 1.165) is 0 Å². The van der Waals surface area contributed by atoms with Crippen LogP contribution in [-0.2, 0) is 6.54 Å². The van der Waals surface area contributed by atoms with Crippen LogP contribution in [0.4, 0.5) is 5.69 Å². The Morgan fingerprint density at radius 3 is 3.00 bits per heavy atom. The van der Waals surface area contributed by atoms with Gasteiger partial charge in [-0.2, -0.15) is 5.10 Å². The number of H-pyrrole nitrogens is 1. The maximum atomic E-state index is 12.0. The lowest BCUT2D eigenvalue weighted by molar-refractivity contribution is 0.0949. The number of hydrogen-bond donors (Lipinski definition) is 3. The number of anilines is 1. The molecule has 7 heteroatoms. The number of aromatic nitrogens is 3. The Bertz CT molecular complexity index is 553. The van der Waals surface area contributed by atoms with Crippen LogP contribution in [0.1, 0.15) is 23.1 Å². The first-order chi connectivity index (χ1) is 9.19. The summed E-state index contributed by atoms with van der Waals surface area (Å²) >= 11 is 0. The van der Waals surface area contributed by atoms with Gasteiger partial charge in [0.25, 0.3) is 5.91 Å². The van der Waals surface area contributed by atoms with Crippen molar-refractivity contribution in [3.63, 3.8) is 0 Å². The lowest BCUT2D eigenvalue weighted by atomic mass is 10.1. The van der Waals surface area contributed by atoms with Gasteiger partial charge in [-0.15, -0.1) is 0 Å². The number of aromatic amines is 1. The zero-order valence-corrected chi connectivity index (χ0v) is 10.5. The molecule has 0 saturated heterocycles. The van der Waals surface area contributed by atoms with E-state index in [0.29, 0.717) is 29.4 Å². The molecule has 1 heterocycles. The standard InChI is InChI=1S/C12H15N5O2/c1-2-19-10-4-8(3-9(13)5-10)12(18)14-6-11-15-7-16-17-11/h3-5,7H,2,6,13H2,1H3,(H,14,18)(H,15,16,17). The van der Waals surface area contributed by atoms with Crippen molar-refractivity contribution < 1.29 is 9.53 Å². The topological polar surface area (TPSA) is 106 Å². The van der Waals surface area contributed by atoms with Crippen LogP contribution in [-0.4, -0.2) is 27.7 Å². The molecule has 1 aromatic carbocycles. The summed E-state index contributed by atoms with van der Waals surface area (Å²) in [5.41, 5.74) is 6.66. The van der Waals surface area contributed by atoms with E-state index in [1.807, 2.05) is 6.92 Å². The summed E-state index contributed by atoms with van der Waals surface area (Å²) < 4.78 is 5.34. The lowest BCUT2D eigenvalue weighted by Crippen LogP contribution is -2.23. The predicted molar refractivity (Wildman–Crippen MR) is 69.6 cm³/mol. The van der Waals surface area contributed by atoms with Crippen molar-refractivity contribution in [2.75, 3.05) is 12.3 Å². The molecule has 100 valence electrons. The van der Waals surface area contributed by atoms with Crippen LogP contribution in [0.2, 0.25) is 0 Å². The van der Waals surface area contributed by atoms with Crippen molar-refractivity contribution in [3.8, 4) is 5.75 Å². The van der Waals surface area contributed by atoms with E-state index < -0.39 is 0 Å². The number of nitrogens with two attached hydrogens (primary N) is 1. The van der Waals surface area contributed by atoms with E-state index in [1.165, 1.54) is 6.33 Å². The largest absolute Gasteiger partial charge is 0.494 e. The molecule has 0 unspecified atom stereocenters. The Hall–Kier alpha value is -2.57. The quantitative estimate of drug-likeness (QED) is 0.687. The minimum absolute atomic E-state index is 0.246. The Morgan fingerprint density at radius 1 is 1.47 bits per heavy atom. The van der Waals surface area contributed by atoms with Gasteiger partial charge in [-0.3, -0.25) is 9.89 Å². The summed E-state index contributed by atoms with van der Waals surface area (Å²) in [6.45, 7) is 2.66. The molecule has 0 radical (unpaired) electrons. The number of ether oxygens (including phenoxy) is 1. The highest BCUT2D eigenvalue weighted by Crippen LogP contribution is 2.18. The summed E-state index contributed by atoms with van der Waals surface area (Å²) in [4.78, 5) is 15.9. The van der Waals surface area contributed by atoms with E-state index >= 15 is 0 Å². The zero-order valence-electron chi connectivity index (χ0n) is 10.5. The molecule has 0 saturated carbocycles. The van der Waals surface area contributed by atoms with Crippen molar-refractivity contribution in [2.45, 2.75) is 13.5 Å². The maximum Gasteiger partial charge on any atom is 0.251 e. The number of benzene rings is 1. The average Bonchev–Trinajstić information content (AvgIpc) is 2.88. The number of nitrogen functional groups attached to an aromatic ring is 1. The molecule has 2 aromatic rings. The number of carbonyl (C=O) groups is 1. The van der Waals surface area contributed by atoms with E-state index in [4.69, 9.17) is 10.5 Å². The van der Waals surface area contributed by atoms with Crippen LogP contribution in [0.15, 0.2) is 24.5 Å². The average molecular weight is 261 g/mol. The van der Waals surface area contributed by atoms with E-state index in [9.17, 15) is 4.79 Å². The SMILES string of the molecule is CCOc1cc(N)cc(C(=O)NCc2ncn[nH]2)c1. The molecule has 0 bridgehead atoms. The molecule has 19 heavy (non-hydrogen) atoms. The van der Waals surface area contributed by atoms with Gasteiger partial charge in [0.1, 0.15) is 17.9 Å². The molecule has 0 aliphatic carbocycles. The fraction of sp³-hybridized carbons (Fsp3) is 0.250. The second-order valence-corrected chi connectivity index (χ2v) is 3.84. The van der Waals surface area contributed by atoms with Crippen LogP contribution < -0.4 is 15.8 Å². The number of carbonyl (C=O) groups excluding carboxylic acids is 1. The van der Waals surface area contributed by atoms with Gasteiger partial charge in [-0.05, 0) is 19.1 Å². The van der Waals surface area contributed by atoms with Crippen LogP contribution in [0.25, 0.3) is 0 Å². The highest BCUT2D eigenvalue weighted by Gasteiger charge is 2.09. The molecule has 1 amide bonds. The molecular weight excluding hydrogens is 246 g/mol. The molecule has 1 aromatic heterocycles. The number of amides is 1. The maximum absolute atomic E-state index is 12.0. The van der Waals surface area contributed by atoms with E-state index in [1.54, 1.807) is 18.2 Å². The van der Waals surface area contributed by atoms with Gasteiger partial charge >= 0.3 is 0 Å². The number of nitrogens with one attached hydrogen (secondary N) is 2. The summed E-state index contributed by atoms with van der Waals surface area (Å²) in [6.07, 6.45) is 1.38. The fourth-order valence-corrected chi connectivity index (χ4v) is 1.59. The second-order valence-electron chi connectivity index (χ2n) is 3.84. The van der Waals surface area contributed by atoms with Crippen LogP contribution in [0, 0.1) is 0 Å². The van der Waals surface area contributed by atoms with Crippen molar-refractivity contribution in [1.29, 1.82) is 0 Å². The first kappa shape index (κ1) is 12.9. The summed E-state index contributed by atoms with van der Waals surface area (Å²) in [5.74, 6) is 0.916. The third kappa shape index (κ3) is 3.44. The van der Waals surface area contributed by atoms with Crippen LogP contribution >= 0.6 is 0 Å². The first-order valence-electron chi connectivity index (χ1n) is 5.85. The molecule has 2 rings (SSSR count). The second kappa shape index (κ2) is 5.85. The molecule has 0 fully saturated rings. The molecule has 0 spiro atoms. The van der Waals surface area contributed by atoms with Crippen LogP contribution in [0.5, 0.6) is 5.75 Å². The van der Waals surface area contributed by atoms with Gasteiger partial charge in [0.05, 0.1) is 13.2 Å². The lowest BCUT2D eigenvalue weighted by Gasteiger charge is -2.08. The first-order valence-corrected chi connectivity index (χ1v) is 5.85. The zero-order chi connectivity index (χ0) is 13.7. The van der Waals surface area contributed by atoms with Crippen molar-refractivity contribution >= 4 is 11.6 Å². The van der Waals surface area contributed by atoms with Crippen molar-refractivity contribution in [1.82, 2.24) is 20.5 Å². The van der Waals surface area contributed by atoms with E-state index in [-0.39, 0.29) is 12.5 Å². The molecular formula is C12H15N5O2. The molecule has 0 aliphatic rings. The normalized spacial score (nSPS) is 10.2. The Labute approximate surface area is 110 Å². The van der Waals surface area contributed by atoms with Gasteiger partial charge < -0.3 is 15.8 Å². The Morgan fingerprint density at radius 2 is 2.32 bits per heavy atom. The summed E-state index contributed by atoms with van der Waals surface area (Å²) in [5, 5.41) is 9.07. The monoisotopic (exact) mass is 261 g/mol. The van der Waals surface area contributed by atoms with Gasteiger partial charge in [0.2, 0.25) is 0 Å². The minimum Gasteiger partial charge on any atom is -0.494 e. The Balaban J connectivity index is 2.05. The molecule has 0 atom stereocenters. The Kier molecular flexibility index (Phi) is 3.97. The molecule has 7 nitrogen and oxygen atoms in total. The van der Waals surface area contributed by atoms with Crippen molar-refractivity contribution in [3.05, 3.63) is 35.9 Å². The highest BCUT2D eigenvalue weighted by molar-refractivity contribution is 5.95. The van der Waals surface area contributed by atoms with Gasteiger partial charge in [0.15, 0.2) is 0 Å². The van der Waals surface area contributed by atoms with Gasteiger partial charge in [0, 0.05) is 17.3 Å². The van der Waals surface area contributed by atoms with Crippen molar-refractivity contribution in [2.24, 2.45) is 0 Å². The summed E-state index contributed by atoms with van der Waals surface area (Å²) in [7, 11) is 0. The third-order valence-electron chi connectivity index (χ3n) is 2.38. The smallest absolute Gasteiger partial charge is 0.251 e. The fourth-order valence-electron chi connectivity index (χ4n) is 1.59. The molecule has 0 aliphatic heterocycles. The highest BCUT2D eigenvalue weighted by atomic mass is 16.5. The third-order valence-corrected chi connectivity index (χ3v) is 2.38. The summed E-state index contributed by atoms with van der Waals surface area (Å²) in [6, 6.07) is 4.92. The van der Waals surface area contributed by atoms with E-state index in [2.05, 4.69) is 20.5 Å². The number of nitrogens with zero attached hydrogens (tertiary/aromatic N) is 2.